The van der Waals surface area contributed by atoms with Gasteiger partial charge in [-0.05, 0) is 32.3 Å². The minimum absolute atomic E-state index is 0.0332. The predicted molar refractivity (Wildman–Crippen MR) is 116 cm³/mol. The first-order valence-electron chi connectivity index (χ1n) is 10.5. The molecule has 30 heavy (non-hydrogen) atoms. The molecule has 0 amide bonds. The van der Waals surface area contributed by atoms with E-state index in [2.05, 4.69) is 27.5 Å². The Morgan fingerprint density at radius 2 is 2.13 bits per heavy atom. The standard InChI is InChI=1S/C23H28N4O3/c1-4-29-23(28)18-14-25-22-19(15(2)26-27(22)3)20(18)24-13-17-11-8-12-30-21(17)16-9-6-5-7-10-16/h5-7,9-10,14,17,21H,4,8,11-13H2,1-3H3,(H,24,25). The van der Waals surface area contributed by atoms with Crippen LogP contribution in [0.3, 0.4) is 0 Å². The van der Waals surface area contributed by atoms with Gasteiger partial charge in [0.1, 0.15) is 5.56 Å². The SMILES string of the molecule is CCOC(=O)c1cnc2c(c(C)nn2C)c1NCC1CCCOC1c1ccccc1. The summed E-state index contributed by atoms with van der Waals surface area (Å²) < 4.78 is 13.1. The highest BCUT2D eigenvalue weighted by Crippen LogP contribution is 2.35. The number of nitrogens with zero attached hydrogens (tertiary/aromatic N) is 3. The fourth-order valence-electron chi connectivity index (χ4n) is 4.26. The first-order valence-corrected chi connectivity index (χ1v) is 10.5. The summed E-state index contributed by atoms with van der Waals surface area (Å²) in [5, 5.41) is 8.89. The van der Waals surface area contributed by atoms with Crippen molar-refractivity contribution in [2.75, 3.05) is 25.1 Å². The number of carbonyl (C=O) groups excluding carboxylic acids is 1. The van der Waals surface area contributed by atoms with Crippen LogP contribution in [0.5, 0.6) is 0 Å². The Morgan fingerprint density at radius 3 is 2.90 bits per heavy atom. The van der Waals surface area contributed by atoms with Crippen molar-refractivity contribution in [2.24, 2.45) is 13.0 Å². The van der Waals surface area contributed by atoms with Crippen molar-refractivity contribution in [1.29, 1.82) is 0 Å². The number of pyridine rings is 1. The molecule has 2 aromatic heterocycles. The molecule has 0 saturated carbocycles. The number of esters is 1. The van der Waals surface area contributed by atoms with Gasteiger partial charge >= 0.3 is 5.97 Å². The van der Waals surface area contributed by atoms with Crippen LogP contribution in [-0.2, 0) is 16.5 Å². The van der Waals surface area contributed by atoms with Crippen LogP contribution in [-0.4, -0.2) is 40.5 Å². The van der Waals surface area contributed by atoms with Gasteiger partial charge in [0.05, 0.1) is 29.5 Å². The summed E-state index contributed by atoms with van der Waals surface area (Å²) in [7, 11) is 1.86. The molecule has 4 rings (SSSR count). The summed E-state index contributed by atoms with van der Waals surface area (Å²) in [5.74, 6) is -0.0893. The van der Waals surface area contributed by atoms with Gasteiger partial charge in [0.25, 0.3) is 0 Å². The van der Waals surface area contributed by atoms with Crippen LogP contribution in [0.15, 0.2) is 36.5 Å². The number of ether oxygens (including phenoxy) is 2. The molecular formula is C23H28N4O3. The molecule has 2 atom stereocenters. The Hall–Kier alpha value is -2.93. The van der Waals surface area contributed by atoms with Gasteiger partial charge in [0.2, 0.25) is 0 Å². The third-order valence-electron chi connectivity index (χ3n) is 5.64. The Balaban J connectivity index is 1.66. The number of fused-ring (bicyclic) bond motifs is 1. The third-order valence-corrected chi connectivity index (χ3v) is 5.64. The maximum absolute atomic E-state index is 12.6. The smallest absolute Gasteiger partial charge is 0.341 e. The van der Waals surface area contributed by atoms with E-state index < -0.39 is 0 Å². The molecule has 1 aliphatic rings. The zero-order valence-corrected chi connectivity index (χ0v) is 17.7. The highest BCUT2D eigenvalue weighted by molar-refractivity contribution is 6.05. The van der Waals surface area contributed by atoms with E-state index in [4.69, 9.17) is 9.47 Å². The van der Waals surface area contributed by atoms with Crippen molar-refractivity contribution in [3.8, 4) is 0 Å². The van der Waals surface area contributed by atoms with Gasteiger partial charge in [-0.1, -0.05) is 30.3 Å². The quantitative estimate of drug-likeness (QED) is 0.621. The monoisotopic (exact) mass is 408 g/mol. The normalized spacial score (nSPS) is 19.0. The zero-order valence-electron chi connectivity index (χ0n) is 17.7. The number of nitrogens with one attached hydrogen (secondary N) is 1. The summed E-state index contributed by atoms with van der Waals surface area (Å²) in [6.45, 7) is 5.50. The molecule has 0 bridgehead atoms. The van der Waals surface area contributed by atoms with Crippen molar-refractivity contribution < 1.29 is 14.3 Å². The highest BCUT2D eigenvalue weighted by atomic mass is 16.5. The number of hydrogen-bond acceptors (Lipinski definition) is 6. The number of aromatic nitrogens is 3. The maximum atomic E-state index is 12.6. The van der Waals surface area contributed by atoms with Crippen molar-refractivity contribution in [2.45, 2.75) is 32.8 Å². The molecule has 7 nitrogen and oxygen atoms in total. The van der Waals surface area contributed by atoms with Crippen LogP contribution in [0.25, 0.3) is 11.0 Å². The second-order valence-corrected chi connectivity index (χ2v) is 7.66. The second kappa shape index (κ2) is 8.83. The average Bonchev–Trinajstić information content (AvgIpc) is 3.06. The Kier molecular flexibility index (Phi) is 5.99. The van der Waals surface area contributed by atoms with E-state index in [1.807, 2.05) is 32.2 Å². The van der Waals surface area contributed by atoms with Crippen LogP contribution >= 0.6 is 0 Å². The molecule has 1 aromatic carbocycles. The van der Waals surface area contributed by atoms with Crippen LogP contribution < -0.4 is 5.32 Å². The van der Waals surface area contributed by atoms with Gasteiger partial charge in [0, 0.05) is 32.3 Å². The topological polar surface area (TPSA) is 78.3 Å². The number of benzene rings is 1. The third kappa shape index (κ3) is 3.89. The van der Waals surface area contributed by atoms with Gasteiger partial charge in [-0.3, -0.25) is 4.68 Å². The number of anilines is 1. The molecular weight excluding hydrogens is 380 g/mol. The first-order chi connectivity index (χ1) is 14.6. The molecule has 1 aliphatic heterocycles. The summed E-state index contributed by atoms with van der Waals surface area (Å²) in [5.41, 5.74) is 3.93. The van der Waals surface area contributed by atoms with Crippen LogP contribution in [0, 0.1) is 12.8 Å². The number of aryl methyl sites for hydroxylation is 2. The van der Waals surface area contributed by atoms with Crippen LogP contribution in [0.1, 0.15) is 47.5 Å². The van der Waals surface area contributed by atoms with Crippen molar-refractivity contribution in [1.82, 2.24) is 14.8 Å². The molecule has 3 heterocycles. The van der Waals surface area contributed by atoms with E-state index in [9.17, 15) is 4.79 Å². The lowest BCUT2D eigenvalue weighted by molar-refractivity contribution is -0.0238. The molecule has 1 fully saturated rings. The minimum atomic E-state index is -0.378. The molecule has 158 valence electrons. The molecule has 0 radical (unpaired) electrons. The second-order valence-electron chi connectivity index (χ2n) is 7.66. The fraction of sp³-hybridized carbons (Fsp3) is 0.435. The summed E-state index contributed by atoms with van der Waals surface area (Å²) in [4.78, 5) is 17.1. The molecule has 7 heteroatoms. The van der Waals surface area contributed by atoms with E-state index >= 15 is 0 Å². The summed E-state index contributed by atoms with van der Waals surface area (Å²) in [6, 6.07) is 10.3. The predicted octanol–water partition coefficient (Wildman–Crippen LogP) is 4.03. The van der Waals surface area contributed by atoms with Gasteiger partial charge in [-0.25, -0.2) is 9.78 Å². The van der Waals surface area contributed by atoms with Crippen LogP contribution in [0.2, 0.25) is 0 Å². The zero-order chi connectivity index (χ0) is 21.1. The highest BCUT2D eigenvalue weighted by Gasteiger charge is 2.28. The molecule has 3 aromatic rings. The molecule has 0 aliphatic carbocycles. The lowest BCUT2D eigenvalue weighted by Gasteiger charge is -2.32. The minimum Gasteiger partial charge on any atom is -0.462 e. The van der Waals surface area contributed by atoms with E-state index in [0.29, 0.717) is 18.7 Å². The van der Waals surface area contributed by atoms with Crippen LogP contribution in [0.4, 0.5) is 5.69 Å². The van der Waals surface area contributed by atoms with Gasteiger partial charge in [-0.15, -0.1) is 0 Å². The van der Waals surface area contributed by atoms with Crippen molar-refractivity contribution >= 4 is 22.7 Å². The van der Waals surface area contributed by atoms with Crippen molar-refractivity contribution in [3.63, 3.8) is 0 Å². The maximum Gasteiger partial charge on any atom is 0.341 e. The Morgan fingerprint density at radius 1 is 1.33 bits per heavy atom. The van der Waals surface area contributed by atoms with E-state index in [1.165, 1.54) is 5.56 Å². The Labute approximate surface area is 176 Å². The fourth-order valence-corrected chi connectivity index (χ4v) is 4.26. The Bertz CT molecular complexity index is 1030. The molecule has 2 unspecified atom stereocenters. The van der Waals surface area contributed by atoms with E-state index in [-0.39, 0.29) is 18.0 Å². The molecule has 1 saturated heterocycles. The van der Waals surface area contributed by atoms with E-state index in [0.717, 1.165) is 41.9 Å². The summed E-state index contributed by atoms with van der Waals surface area (Å²) in [6.07, 6.45) is 3.70. The summed E-state index contributed by atoms with van der Waals surface area (Å²) >= 11 is 0. The van der Waals surface area contributed by atoms with Gasteiger partial charge < -0.3 is 14.8 Å². The number of hydrogen-bond donors (Lipinski definition) is 1. The molecule has 1 N–H and O–H groups in total. The molecule has 0 spiro atoms. The van der Waals surface area contributed by atoms with Gasteiger partial charge in [0.15, 0.2) is 5.65 Å². The lowest BCUT2D eigenvalue weighted by atomic mass is 9.89. The largest absolute Gasteiger partial charge is 0.462 e. The first kappa shape index (κ1) is 20.3. The number of rotatable bonds is 6. The average molecular weight is 409 g/mol. The van der Waals surface area contributed by atoms with E-state index in [1.54, 1.807) is 17.8 Å². The van der Waals surface area contributed by atoms with Crippen molar-refractivity contribution in [3.05, 3.63) is 53.3 Å². The van der Waals surface area contributed by atoms with Gasteiger partial charge in [-0.2, -0.15) is 5.10 Å². The number of carbonyl (C=O) groups is 1. The lowest BCUT2D eigenvalue weighted by Crippen LogP contribution is -2.28.